The molecular weight excluding hydrogens is 462 g/mol. The van der Waals surface area contributed by atoms with E-state index in [0.29, 0.717) is 18.7 Å². The lowest BCUT2D eigenvalue weighted by Gasteiger charge is -2.32. The van der Waals surface area contributed by atoms with E-state index in [2.05, 4.69) is 16.3 Å². The summed E-state index contributed by atoms with van der Waals surface area (Å²) in [6, 6.07) is 12.4. The number of rotatable bonds is 9. The molecule has 0 unspecified atom stereocenters. The van der Waals surface area contributed by atoms with Gasteiger partial charge in [0.2, 0.25) is 10.0 Å². The van der Waals surface area contributed by atoms with Crippen LogP contribution in [0.25, 0.3) is 0 Å². The van der Waals surface area contributed by atoms with Crippen LogP contribution in [0, 0.1) is 0 Å². The lowest BCUT2D eigenvalue weighted by molar-refractivity contribution is 0.0908. The highest BCUT2D eigenvalue weighted by atomic mass is 35.5. The average molecular weight is 494 g/mol. The molecule has 2 aromatic rings. The van der Waals surface area contributed by atoms with Crippen molar-refractivity contribution in [3.8, 4) is 5.75 Å². The first-order valence-electron chi connectivity index (χ1n) is 11.2. The van der Waals surface area contributed by atoms with Crippen LogP contribution in [0.4, 0.5) is 0 Å². The summed E-state index contributed by atoms with van der Waals surface area (Å²) in [7, 11) is -2.08. The average Bonchev–Trinajstić information content (AvgIpc) is 2.81. The molecule has 0 aromatic heterocycles. The monoisotopic (exact) mass is 493 g/mol. The Morgan fingerprint density at radius 2 is 1.82 bits per heavy atom. The first-order valence-corrected chi connectivity index (χ1v) is 13.1. The van der Waals surface area contributed by atoms with Crippen LogP contribution in [0.2, 0.25) is 5.02 Å². The van der Waals surface area contributed by atoms with Crippen molar-refractivity contribution in [2.45, 2.75) is 44.2 Å². The number of hydrogen-bond acceptors (Lipinski definition) is 5. The van der Waals surface area contributed by atoms with Crippen LogP contribution in [0.5, 0.6) is 5.75 Å². The number of halogens is 1. The van der Waals surface area contributed by atoms with Gasteiger partial charge in [-0.25, -0.2) is 8.42 Å². The van der Waals surface area contributed by atoms with E-state index in [1.54, 1.807) is 27.0 Å². The summed E-state index contributed by atoms with van der Waals surface area (Å²) < 4.78 is 32.6. The van der Waals surface area contributed by atoms with Crippen LogP contribution in [0.15, 0.2) is 47.4 Å². The molecule has 1 saturated heterocycles. The number of carbonyl (C=O) groups excluding carboxylic acids is 1. The smallest absolute Gasteiger partial charge is 0.251 e. The molecule has 180 valence electrons. The summed E-state index contributed by atoms with van der Waals surface area (Å²) >= 11 is 6.19. The fraction of sp³-hybridized carbons (Fsp3) is 0.458. The van der Waals surface area contributed by atoms with Crippen molar-refractivity contribution in [3.63, 3.8) is 0 Å². The standard InChI is InChI=1S/C24H32ClN3O4S/c1-4-28(5-2)33(30,31)23-16-18(10-11-21(23)25)24(29)26-20-12-14-27(15-13-20)17-19-8-6-7-9-22(19)32-3/h6-11,16,20H,4-5,12-15,17H2,1-3H3,(H,26,29). The molecule has 1 N–H and O–H groups in total. The molecule has 33 heavy (non-hydrogen) atoms. The van der Waals surface area contributed by atoms with Crippen LogP contribution < -0.4 is 10.1 Å². The van der Waals surface area contributed by atoms with Gasteiger partial charge in [0.05, 0.1) is 12.1 Å². The Morgan fingerprint density at radius 3 is 2.45 bits per heavy atom. The molecule has 1 heterocycles. The number of nitrogens with zero attached hydrogens (tertiary/aromatic N) is 2. The van der Waals surface area contributed by atoms with Gasteiger partial charge in [0.1, 0.15) is 10.6 Å². The predicted octanol–water partition coefficient (Wildman–Crippen LogP) is 3.77. The summed E-state index contributed by atoms with van der Waals surface area (Å²) in [4.78, 5) is 15.2. The second-order valence-electron chi connectivity index (χ2n) is 8.07. The third kappa shape index (κ3) is 6.06. The van der Waals surface area contributed by atoms with E-state index < -0.39 is 10.0 Å². The van der Waals surface area contributed by atoms with E-state index in [-0.39, 0.29) is 21.9 Å². The van der Waals surface area contributed by atoms with Crippen molar-refractivity contribution < 1.29 is 17.9 Å². The quantitative estimate of drug-likeness (QED) is 0.575. The zero-order valence-electron chi connectivity index (χ0n) is 19.4. The van der Waals surface area contributed by atoms with Crippen molar-refractivity contribution in [2.75, 3.05) is 33.3 Å². The van der Waals surface area contributed by atoms with Crippen LogP contribution in [-0.4, -0.2) is 62.9 Å². The number of likely N-dealkylation sites (tertiary alicyclic amines) is 1. The molecule has 7 nitrogen and oxygen atoms in total. The highest BCUT2D eigenvalue weighted by molar-refractivity contribution is 7.89. The molecule has 1 aliphatic rings. The Balaban J connectivity index is 1.62. The third-order valence-electron chi connectivity index (χ3n) is 6.03. The summed E-state index contributed by atoms with van der Waals surface area (Å²) in [5, 5.41) is 3.17. The number of para-hydroxylation sites is 1. The van der Waals surface area contributed by atoms with Gasteiger partial charge < -0.3 is 10.1 Å². The third-order valence-corrected chi connectivity index (χ3v) is 8.56. The summed E-state index contributed by atoms with van der Waals surface area (Å²) in [5.41, 5.74) is 1.44. The van der Waals surface area contributed by atoms with Crippen molar-refractivity contribution in [1.29, 1.82) is 0 Å². The van der Waals surface area contributed by atoms with E-state index >= 15 is 0 Å². The SMILES string of the molecule is CCN(CC)S(=O)(=O)c1cc(C(=O)NC2CCN(Cc3ccccc3OC)CC2)ccc1Cl. The van der Waals surface area contributed by atoms with Gasteiger partial charge in [0, 0.05) is 49.9 Å². The number of ether oxygens (including phenoxy) is 1. The Hall–Kier alpha value is -2.13. The fourth-order valence-electron chi connectivity index (χ4n) is 4.12. The lowest BCUT2D eigenvalue weighted by Crippen LogP contribution is -2.44. The van der Waals surface area contributed by atoms with Gasteiger partial charge in [0.25, 0.3) is 5.91 Å². The van der Waals surface area contributed by atoms with E-state index in [1.807, 2.05) is 18.2 Å². The second kappa shape index (κ2) is 11.3. The predicted molar refractivity (Wildman–Crippen MR) is 130 cm³/mol. The second-order valence-corrected chi connectivity index (χ2v) is 10.4. The molecule has 2 aromatic carbocycles. The zero-order chi connectivity index (χ0) is 24.0. The molecule has 0 aliphatic carbocycles. The minimum absolute atomic E-state index is 0.0323. The number of sulfonamides is 1. The Kier molecular flexibility index (Phi) is 8.75. The van der Waals surface area contributed by atoms with Crippen molar-refractivity contribution in [2.24, 2.45) is 0 Å². The van der Waals surface area contributed by atoms with Crippen LogP contribution in [-0.2, 0) is 16.6 Å². The Bertz CT molecular complexity index is 1070. The first kappa shape index (κ1) is 25.5. The van der Waals surface area contributed by atoms with Gasteiger partial charge >= 0.3 is 0 Å². The highest BCUT2D eigenvalue weighted by Gasteiger charge is 2.27. The normalized spacial score (nSPS) is 15.5. The molecule has 1 aliphatic heterocycles. The molecule has 0 saturated carbocycles. The van der Waals surface area contributed by atoms with Crippen molar-refractivity contribution in [1.82, 2.24) is 14.5 Å². The van der Waals surface area contributed by atoms with E-state index in [1.165, 1.54) is 16.4 Å². The molecule has 9 heteroatoms. The van der Waals surface area contributed by atoms with Crippen LogP contribution in [0.3, 0.4) is 0 Å². The van der Waals surface area contributed by atoms with Gasteiger partial charge in [-0.2, -0.15) is 4.31 Å². The lowest BCUT2D eigenvalue weighted by atomic mass is 10.0. The number of benzene rings is 2. The van der Waals surface area contributed by atoms with E-state index in [4.69, 9.17) is 16.3 Å². The zero-order valence-corrected chi connectivity index (χ0v) is 21.0. The number of amides is 1. The highest BCUT2D eigenvalue weighted by Crippen LogP contribution is 2.26. The number of methoxy groups -OCH3 is 1. The molecule has 1 fully saturated rings. The maximum Gasteiger partial charge on any atom is 0.251 e. The maximum absolute atomic E-state index is 12.9. The summed E-state index contributed by atoms with van der Waals surface area (Å²) in [5.74, 6) is 0.594. The van der Waals surface area contributed by atoms with E-state index in [9.17, 15) is 13.2 Å². The molecular formula is C24H32ClN3O4S. The van der Waals surface area contributed by atoms with Gasteiger partial charge in [-0.1, -0.05) is 43.6 Å². The molecule has 0 bridgehead atoms. The van der Waals surface area contributed by atoms with Gasteiger partial charge in [-0.15, -0.1) is 0 Å². The van der Waals surface area contributed by atoms with E-state index in [0.717, 1.165) is 43.8 Å². The van der Waals surface area contributed by atoms with Crippen LogP contribution >= 0.6 is 11.6 Å². The van der Waals surface area contributed by atoms with Gasteiger partial charge in [-0.3, -0.25) is 9.69 Å². The number of hydrogen-bond donors (Lipinski definition) is 1. The molecule has 1 amide bonds. The Labute approximate surface area is 201 Å². The summed E-state index contributed by atoms with van der Waals surface area (Å²) in [6.45, 7) is 6.71. The van der Waals surface area contributed by atoms with Gasteiger partial charge in [-0.05, 0) is 37.1 Å². The number of carbonyl (C=O) groups is 1. The number of piperidine rings is 1. The molecule has 3 rings (SSSR count). The molecule has 0 radical (unpaired) electrons. The topological polar surface area (TPSA) is 79.0 Å². The summed E-state index contributed by atoms with van der Waals surface area (Å²) in [6.07, 6.45) is 1.64. The Morgan fingerprint density at radius 1 is 1.15 bits per heavy atom. The van der Waals surface area contributed by atoms with Gasteiger partial charge in [0.15, 0.2) is 0 Å². The maximum atomic E-state index is 12.9. The van der Waals surface area contributed by atoms with Crippen LogP contribution in [0.1, 0.15) is 42.6 Å². The molecule has 0 spiro atoms. The minimum atomic E-state index is -3.76. The molecule has 0 atom stereocenters. The number of nitrogens with one attached hydrogen (secondary N) is 1. The van der Waals surface area contributed by atoms with Crippen molar-refractivity contribution >= 4 is 27.5 Å². The van der Waals surface area contributed by atoms with Crippen molar-refractivity contribution in [3.05, 3.63) is 58.6 Å². The largest absolute Gasteiger partial charge is 0.496 e. The first-order chi connectivity index (χ1) is 15.8. The fourth-order valence-corrected chi connectivity index (χ4v) is 6.08. The minimum Gasteiger partial charge on any atom is -0.496 e.